The standard InChI is InChI=1S/C16H16F2N2O2S/c1-16(6-3-7-22-16)9-19-14(21)12-8-23-15(20-12)13-10(17)4-2-5-11(13)18/h2,4-5,8H,3,6-7,9H2,1H3,(H,19,21). The van der Waals surface area contributed by atoms with Gasteiger partial charge in [-0.25, -0.2) is 13.8 Å². The van der Waals surface area contributed by atoms with E-state index in [1.54, 1.807) is 0 Å². The molecule has 1 saturated heterocycles. The number of aromatic nitrogens is 1. The number of carbonyl (C=O) groups is 1. The molecule has 0 bridgehead atoms. The highest BCUT2D eigenvalue weighted by atomic mass is 32.1. The number of rotatable bonds is 4. The van der Waals surface area contributed by atoms with Gasteiger partial charge in [0, 0.05) is 18.5 Å². The first-order valence-electron chi connectivity index (χ1n) is 7.31. The predicted octanol–water partition coefficient (Wildman–Crippen LogP) is 3.39. The SMILES string of the molecule is CC1(CNC(=O)c2csc(-c3c(F)cccc3F)n2)CCCO1. The van der Waals surface area contributed by atoms with Gasteiger partial charge >= 0.3 is 0 Å². The van der Waals surface area contributed by atoms with Gasteiger partial charge < -0.3 is 10.1 Å². The third-order valence-corrected chi connectivity index (χ3v) is 4.70. The molecule has 1 aromatic heterocycles. The Morgan fingerprint density at radius 2 is 2.17 bits per heavy atom. The van der Waals surface area contributed by atoms with Crippen molar-refractivity contribution in [3.05, 3.63) is 40.9 Å². The molecule has 23 heavy (non-hydrogen) atoms. The van der Waals surface area contributed by atoms with E-state index in [0.717, 1.165) is 36.3 Å². The van der Waals surface area contributed by atoms with Gasteiger partial charge in [-0.2, -0.15) is 0 Å². The van der Waals surface area contributed by atoms with Crippen LogP contribution in [0.2, 0.25) is 0 Å². The summed E-state index contributed by atoms with van der Waals surface area (Å²) in [6, 6.07) is 3.62. The Kier molecular flexibility index (Phi) is 4.41. The Labute approximate surface area is 136 Å². The molecule has 0 spiro atoms. The molecule has 1 amide bonds. The molecule has 4 nitrogen and oxygen atoms in total. The molecule has 122 valence electrons. The third-order valence-electron chi connectivity index (χ3n) is 3.84. The fourth-order valence-corrected chi connectivity index (χ4v) is 3.38. The fourth-order valence-electron chi connectivity index (χ4n) is 2.53. The molecule has 0 saturated carbocycles. The number of hydrogen-bond donors (Lipinski definition) is 1. The summed E-state index contributed by atoms with van der Waals surface area (Å²) < 4.78 is 33.1. The Morgan fingerprint density at radius 3 is 2.83 bits per heavy atom. The zero-order chi connectivity index (χ0) is 16.4. The second kappa shape index (κ2) is 6.33. The van der Waals surface area contributed by atoms with Crippen LogP contribution in [0.15, 0.2) is 23.6 Å². The summed E-state index contributed by atoms with van der Waals surface area (Å²) in [6.07, 6.45) is 1.86. The number of benzene rings is 1. The van der Waals surface area contributed by atoms with Gasteiger partial charge in [0.1, 0.15) is 22.3 Å². The van der Waals surface area contributed by atoms with Crippen LogP contribution in [0, 0.1) is 11.6 Å². The number of carbonyl (C=O) groups excluding carboxylic acids is 1. The van der Waals surface area contributed by atoms with Gasteiger partial charge in [-0.1, -0.05) is 6.07 Å². The Bertz CT molecular complexity index is 706. The molecule has 1 aliphatic heterocycles. The molecular weight excluding hydrogens is 322 g/mol. The van der Waals surface area contributed by atoms with Crippen molar-refractivity contribution in [1.82, 2.24) is 10.3 Å². The van der Waals surface area contributed by atoms with Crippen molar-refractivity contribution in [3.8, 4) is 10.6 Å². The Balaban J connectivity index is 1.73. The van der Waals surface area contributed by atoms with Crippen molar-refractivity contribution in [1.29, 1.82) is 0 Å². The van der Waals surface area contributed by atoms with E-state index in [2.05, 4.69) is 10.3 Å². The van der Waals surface area contributed by atoms with E-state index < -0.39 is 11.6 Å². The van der Waals surface area contributed by atoms with Gasteiger partial charge in [0.25, 0.3) is 5.91 Å². The summed E-state index contributed by atoms with van der Waals surface area (Å²) in [5, 5.41) is 4.41. The highest BCUT2D eigenvalue weighted by molar-refractivity contribution is 7.13. The van der Waals surface area contributed by atoms with Crippen LogP contribution in [-0.4, -0.2) is 29.6 Å². The maximum atomic E-state index is 13.8. The molecular formula is C16H16F2N2O2S. The van der Waals surface area contributed by atoms with Gasteiger partial charge in [0.15, 0.2) is 0 Å². The molecule has 7 heteroatoms. The van der Waals surface area contributed by atoms with Crippen molar-refractivity contribution in [2.24, 2.45) is 0 Å². The molecule has 0 aliphatic carbocycles. The van der Waals surface area contributed by atoms with E-state index >= 15 is 0 Å². The second-order valence-corrected chi connectivity index (χ2v) is 6.58. The van der Waals surface area contributed by atoms with Crippen LogP contribution in [0.4, 0.5) is 8.78 Å². The molecule has 0 radical (unpaired) electrons. The predicted molar refractivity (Wildman–Crippen MR) is 83.4 cm³/mol. The minimum atomic E-state index is -0.696. The normalized spacial score (nSPS) is 20.7. The van der Waals surface area contributed by atoms with E-state index in [4.69, 9.17) is 4.74 Å². The summed E-state index contributed by atoms with van der Waals surface area (Å²) in [6.45, 7) is 3.02. The number of halogens is 2. The first-order valence-corrected chi connectivity index (χ1v) is 8.18. The average molecular weight is 338 g/mol. The van der Waals surface area contributed by atoms with Gasteiger partial charge in [-0.05, 0) is 31.9 Å². The molecule has 1 N–H and O–H groups in total. The van der Waals surface area contributed by atoms with Crippen LogP contribution in [0.5, 0.6) is 0 Å². The van der Waals surface area contributed by atoms with Crippen LogP contribution in [0.1, 0.15) is 30.3 Å². The van der Waals surface area contributed by atoms with E-state index in [0.29, 0.717) is 13.2 Å². The monoisotopic (exact) mass is 338 g/mol. The topological polar surface area (TPSA) is 51.2 Å². The zero-order valence-electron chi connectivity index (χ0n) is 12.6. The lowest BCUT2D eigenvalue weighted by Crippen LogP contribution is -2.40. The van der Waals surface area contributed by atoms with Crippen molar-refractivity contribution in [2.75, 3.05) is 13.2 Å². The molecule has 1 atom stereocenters. The van der Waals surface area contributed by atoms with E-state index in [1.165, 1.54) is 11.4 Å². The first-order chi connectivity index (χ1) is 11.0. The van der Waals surface area contributed by atoms with Crippen molar-refractivity contribution in [2.45, 2.75) is 25.4 Å². The highest BCUT2D eigenvalue weighted by Crippen LogP contribution is 2.29. The van der Waals surface area contributed by atoms with Crippen LogP contribution < -0.4 is 5.32 Å². The summed E-state index contributed by atoms with van der Waals surface area (Å²) in [4.78, 5) is 16.2. The van der Waals surface area contributed by atoms with Crippen molar-refractivity contribution in [3.63, 3.8) is 0 Å². The van der Waals surface area contributed by atoms with E-state index in [9.17, 15) is 13.6 Å². The van der Waals surface area contributed by atoms with Gasteiger partial charge in [0.2, 0.25) is 0 Å². The first kappa shape index (κ1) is 16.0. The lowest BCUT2D eigenvalue weighted by Gasteiger charge is -2.22. The number of nitrogens with zero attached hydrogens (tertiary/aromatic N) is 1. The summed E-state index contributed by atoms with van der Waals surface area (Å²) in [5.41, 5.74) is -0.413. The largest absolute Gasteiger partial charge is 0.373 e. The number of hydrogen-bond acceptors (Lipinski definition) is 4. The summed E-state index contributed by atoms with van der Waals surface area (Å²) in [5.74, 6) is -1.77. The smallest absolute Gasteiger partial charge is 0.270 e. The maximum absolute atomic E-state index is 13.8. The van der Waals surface area contributed by atoms with Gasteiger partial charge in [0.05, 0.1) is 11.2 Å². The zero-order valence-corrected chi connectivity index (χ0v) is 13.4. The minimum Gasteiger partial charge on any atom is -0.373 e. The van der Waals surface area contributed by atoms with Gasteiger partial charge in [-0.15, -0.1) is 11.3 Å². The van der Waals surface area contributed by atoms with Crippen LogP contribution in [0.3, 0.4) is 0 Å². The summed E-state index contributed by atoms with van der Waals surface area (Å²) >= 11 is 1.03. The highest BCUT2D eigenvalue weighted by Gasteiger charge is 2.30. The molecule has 1 fully saturated rings. The average Bonchev–Trinajstić information content (AvgIpc) is 3.15. The van der Waals surface area contributed by atoms with Gasteiger partial charge in [-0.3, -0.25) is 4.79 Å². The molecule has 2 heterocycles. The molecule has 1 unspecified atom stereocenters. The van der Waals surface area contributed by atoms with Crippen LogP contribution in [0.25, 0.3) is 10.6 Å². The lowest BCUT2D eigenvalue weighted by atomic mass is 10.0. The minimum absolute atomic E-state index is 0.147. The lowest BCUT2D eigenvalue weighted by molar-refractivity contribution is 0.0205. The third kappa shape index (κ3) is 3.40. The van der Waals surface area contributed by atoms with E-state index in [-0.39, 0.29) is 27.8 Å². The number of amides is 1. The summed E-state index contributed by atoms with van der Waals surface area (Å²) in [7, 11) is 0. The number of thiazole rings is 1. The molecule has 3 rings (SSSR count). The molecule has 1 aliphatic rings. The Hall–Kier alpha value is -1.86. The van der Waals surface area contributed by atoms with Crippen LogP contribution >= 0.6 is 11.3 Å². The van der Waals surface area contributed by atoms with Crippen LogP contribution in [-0.2, 0) is 4.74 Å². The quantitative estimate of drug-likeness (QED) is 0.930. The number of ether oxygens (including phenoxy) is 1. The van der Waals surface area contributed by atoms with E-state index in [1.807, 2.05) is 6.92 Å². The van der Waals surface area contributed by atoms with Crippen molar-refractivity contribution < 1.29 is 18.3 Å². The number of nitrogens with one attached hydrogen (secondary N) is 1. The second-order valence-electron chi connectivity index (χ2n) is 5.72. The molecule has 2 aromatic rings. The Morgan fingerprint density at radius 1 is 1.43 bits per heavy atom. The maximum Gasteiger partial charge on any atom is 0.270 e. The fraction of sp³-hybridized carbons (Fsp3) is 0.375. The molecule has 1 aromatic carbocycles. The van der Waals surface area contributed by atoms with Crippen molar-refractivity contribution >= 4 is 17.2 Å².